The summed E-state index contributed by atoms with van der Waals surface area (Å²) in [6.07, 6.45) is 0.997. The summed E-state index contributed by atoms with van der Waals surface area (Å²) in [5.74, 6) is -0.939. The van der Waals surface area contributed by atoms with Gasteiger partial charge in [-0.3, -0.25) is 4.79 Å². The zero-order valence-corrected chi connectivity index (χ0v) is 11.8. The lowest BCUT2D eigenvalue weighted by molar-refractivity contribution is 0.0914. The van der Waals surface area contributed by atoms with Crippen LogP contribution in [-0.2, 0) is 0 Å². The molecule has 0 spiro atoms. The molecule has 0 atom stereocenters. The average Bonchev–Trinajstić information content (AvgIpc) is 2.38. The highest BCUT2D eigenvalue weighted by atomic mass is 79.9. The monoisotopic (exact) mass is 312 g/mol. The molecule has 0 aromatic heterocycles. The minimum atomic E-state index is -0.900. The number of halogens is 2. The number of nitrogens with zero attached hydrogens (tertiary/aromatic N) is 1. The lowest BCUT2D eigenvalue weighted by Gasteiger charge is -2.25. The first-order valence-corrected chi connectivity index (χ1v) is 6.46. The molecule has 1 N–H and O–H groups in total. The van der Waals surface area contributed by atoms with Gasteiger partial charge in [-0.2, -0.15) is 5.26 Å². The molecule has 0 radical (unpaired) electrons. The Balaban J connectivity index is 3.02. The summed E-state index contributed by atoms with van der Waals surface area (Å²) in [4.78, 5) is 12.1. The number of nitrogens with one attached hydrogen (secondary N) is 1. The second-order valence-corrected chi connectivity index (χ2v) is 4.83. The van der Waals surface area contributed by atoms with Crippen LogP contribution in [0.25, 0.3) is 0 Å². The van der Waals surface area contributed by atoms with E-state index in [4.69, 9.17) is 5.26 Å². The van der Waals surface area contributed by atoms with E-state index in [9.17, 15) is 9.18 Å². The van der Waals surface area contributed by atoms with Crippen molar-refractivity contribution in [1.29, 1.82) is 5.26 Å². The number of hydrogen-bond acceptors (Lipinski definition) is 2. The minimum Gasteiger partial charge on any atom is -0.334 e. The van der Waals surface area contributed by atoms with E-state index in [0.717, 1.165) is 6.07 Å². The van der Waals surface area contributed by atoms with Crippen LogP contribution in [0.4, 0.5) is 4.39 Å². The third-order valence-electron chi connectivity index (χ3n) is 2.95. The van der Waals surface area contributed by atoms with Crippen molar-refractivity contribution in [3.8, 4) is 6.07 Å². The van der Waals surface area contributed by atoms with Crippen LogP contribution in [0.3, 0.4) is 0 Å². The fourth-order valence-electron chi connectivity index (χ4n) is 1.57. The fraction of sp³-hybridized carbons (Fsp3) is 0.385. The molecule has 0 fully saturated rings. The Bertz CT molecular complexity index is 492. The van der Waals surface area contributed by atoms with E-state index in [1.54, 1.807) is 0 Å². The van der Waals surface area contributed by atoms with Crippen LogP contribution in [0, 0.1) is 17.1 Å². The predicted octanol–water partition coefficient (Wildman–Crippen LogP) is 3.40. The standard InChI is InChI=1S/C13H14BrFN2O/c1-3-13(4-2,8-16)17-12(18)10-7-9(15)5-6-11(10)14/h5-7H,3-4H2,1-2H3,(H,17,18). The first kappa shape index (κ1) is 14.7. The lowest BCUT2D eigenvalue weighted by atomic mass is 9.94. The van der Waals surface area contributed by atoms with Gasteiger partial charge in [-0.05, 0) is 47.0 Å². The first-order chi connectivity index (χ1) is 8.48. The first-order valence-electron chi connectivity index (χ1n) is 5.67. The van der Waals surface area contributed by atoms with Gasteiger partial charge < -0.3 is 5.32 Å². The van der Waals surface area contributed by atoms with Crippen molar-refractivity contribution in [3.63, 3.8) is 0 Å². The molecular formula is C13H14BrFN2O. The lowest BCUT2D eigenvalue weighted by Crippen LogP contribution is -2.46. The molecule has 3 nitrogen and oxygen atoms in total. The largest absolute Gasteiger partial charge is 0.334 e. The molecule has 0 bridgehead atoms. The average molecular weight is 313 g/mol. The van der Waals surface area contributed by atoms with E-state index in [-0.39, 0.29) is 5.56 Å². The Morgan fingerprint density at radius 3 is 2.61 bits per heavy atom. The molecule has 1 amide bonds. The summed E-state index contributed by atoms with van der Waals surface area (Å²) in [6.45, 7) is 3.65. The maximum absolute atomic E-state index is 13.1. The van der Waals surface area contributed by atoms with Crippen LogP contribution in [-0.4, -0.2) is 11.4 Å². The number of nitriles is 1. The third-order valence-corrected chi connectivity index (χ3v) is 3.64. The van der Waals surface area contributed by atoms with Gasteiger partial charge in [0.05, 0.1) is 11.6 Å². The molecule has 96 valence electrons. The van der Waals surface area contributed by atoms with Gasteiger partial charge in [0, 0.05) is 4.47 Å². The van der Waals surface area contributed by atoms with Gasteiger partial charge in [0.1, 0.15) is 11.4 Å². The second-order valence-electron chi connectivity index (χ2n) is 3.98. The van der Waals surface area contributed by atoms with Crippen molar-refractivity contribution in [3.05, 3.63) is 34.1 Å². The van der Waals surface area contributed by atoms with Gasteiger partial charge in [-0.15, -0.1) is 0 Å². The highest BCUT2D eigenvalue weighted by molar-refractivity contribution is 9.10. The van der Waals surface area contributed by atoms with Crippen molar-refractivity contribution < 1.29 is 9.18 Å². The Labute approximate surface area is 114 Å². The van der Waals surface area contributed by atoms with Crippen molar-refractivity contribution in [2.75, 3.05) is 0 Å². The van der Waals surface area contributed by atoms with Gasteiger partial charge in [-0.1, -0.05) is 13.8 Å². The van der Waals surface area contributed by atoms with E-state index < -0.39 is 17.3 Å². The van der Waals surface area contributed by atoms with Gasteiger partial charge in [-0.25, -0.2) is 4.39 Å². The topological polar surface area (TPSA) is 52.9 Å². The zero-order valence-electron chi connectivity index (χ0n) is 10.3. The Kier molecular flexibility index (Phi) is 4.85. The molecule has 0 unspecified atom stereocenters. The smallest absolute Gasteiger partial charge is 0.253 e. The maximum Gasteiger partial charge on any atom is 0.253 e. The highest BCUT2D eigenvalue weighted by Gasteiger charge is 2.28. The van der Waals surface area contributed by atoms with Crippen LogP contribution in [0.5, 0.6) is 0 Å². The van der Waals surface area contributed by atoms with E-state index in [1.807, 2.05) is 13.8 Å². The van der Waals surface area contributed by atoms with Crippen molar-refractivity contribution in [2.24, 2.45) is 0 Å². The van der Waals surface area contributed by atoms with Crippen molar-refractivity contribution in [1.82, 2.24) is 5.32 Å². The van der Waals surface area contributed by atoms with E-state index >= 15 is 0 Å². The Hall–Kier alpha value is -1.41. The van der Waals surface area contributed by atoms with E-state index in [0.29, 0.717) is 17.3 Å². The van der Waals surface area contributed by atoms with Gasteiger partial charge in [0.2, 0.25) is 0 Å². The maximum atomic E-state index is 13.1. The van der Waals surface area contributed by atoms with E-state index in [1.165, 1.54) is 12.1 Å². The molecule has 0 aliphatic carbocycles. The van der Waals surface area contributed by atoms with Crippen LogP contribution >= 0.6 is 15.9 Å². The highest BCUT2D eigenvalue weighted by Crippen LogP contribution is 2.20. The summed E-state index contributed by atoms with van der Waals surface area (Å²) in [6, 6.07) is 5.98. The summed E-state index contributed by atoms with van der Waals surface area (Å²) in [5, 5.41) is 11.8. The molecule has 1 aromatic rings. The quantitative estimate of drug-likeness (QED) is 0.926. The molecule has 0 aliphatic rings. The van der Waals surface area contributed by atoms with Crippen LogP contribution in [0.2, 0.25) is 0 Å². The van der Waals surface area contributed by atoms with Crippen molar-refractivity contribution >= 4 is 21.8 Å². The van der Waals surface area contributed by atoms with Gasteiger partial charge in [0.25, 0.3) is 5.91 Å². The summed E-state index contributed by atoms with van der Waals surface area (Å²) in [7, 11) is 0. The fourth-order valence-corrected chi connectivity index (χ4v) is 2.00. The molecule has 1 rings (SSSR count). The molecule has 5 heteroatoms. The minimum absolute atomic E-state index is 0.191. The molecule has 18 heavy (non-hydrogen) atoms. The molecular weight excluding hydrogens is 299 g/mol. The van der Waals surface area contributed by atoms with Gasteiger partial charge >= 0.3 is 0 Å². The number of carbonyl (C=O) groups is 1. The van der Waals surface area contributed by atoms with Crippen LogP contribution in [0.15, 0.2) is 22.7 Å². The zero-order chi connectivity index (χ0) is 13.8. The Morgan fingerprint density at radius 1 is 1.50 bits per heavy atom. The number of amides is 1. The Morgan fingerprint density at radius 2 is 2.11 bits per heavy atom. The number of hydrogen-bond donors (Lipinski definition) is 1. The molecule has 0 saturated carbocycles. The summed E-state index contributed by atoms with van der Waals surface area (Å²) >= 11 is 3.19. The normalized spacial score (nSPS) is 10.8. The SMILES string of the molecule is CCC(C#N)(CC)NC(=O)c1cc(F)ccc1Br. The van der Waals surface area contributed by atoms with E-state index in [2.05, 4.69) is 27.3 Å². The molecule has 0 aliphatic heterocycles. The summed E-state index contributed by atoms with van der Waals surface area (Å²) in [5.41, 5.74) is -0.709. The van der Waals surface area contributed by atoms with Crippen LogP contribution < -0.4 is 5.32 Å². The number of carbonyl (C=O) groups excluding carboxylic acids is 1. The van der Waals surface area contributed by atoms with Crippen LogP contribution in [0.1, 0.15) is 37.0 Å². The molecule has 0 heterocycles. The third kappa shape index (κ3) is 3.08. The number of rotatable bonds is 4. The van der Waals surface area contributed by atoms with Crippen molar-refractivity contribution in [2.45, 2.75) is 32.2 Å². The predicted molar refractivity (Wildman–Crippen MR) is 70.5 cm³/mol. The number of benzene rings is 1. The molecule has 1 aromatic carbocycles. The van der Waals surface area contributed by atoms with Gasteiger partial charge in [0.15, 0.2) is 0 Å². The second kappa shape index (κ2) is 5.96. The molecule has 0 saturated heterocycles. The summed E-state index contributed by atoms with van der Waals surface area (Å²) < 4.78 is 13.6.